The highest BCUT2D eigenvalue weighted by molar-refractivity contribution is 7.98. The van der Waals surface area contributed by atoms with Crippen LogP contribution in [-0.2, 0) is 5.75 Å². The number of thioether (sulfide) groups is 1. The minimum absolute atomic E-state index is 0.0948. The van der Waals surface area contributed by atoms with Gasteiger partial charge >= 0.3 is 0 Å². The van der Waals surface area contributed by atoms with Crippen LogP contribution in [0.5, 0.6) is 0 Å². The van der Waals surface area contributed by atoms with E-state index in [1.165, 1.54) is 17.8 Å². The summed E-state index contributed by atoms with van der Waals surface area (Å²) in [5, 5.41) is 14.8. The van der Waals surface area contributed by atoms with Gasteiger partial charge in [0.2, 0.25) is 0 Å². The Hall–Kier alpha value is -2.15. The molecule has 1 N–H and O–H groups in total. The molecule has 0 aliphatic carbocycles. The van der Waals surface area contributed by atoms with Crippen molar-refractivity contribution >= 4 is 23.1 Å². The van der Waals surface area contributed by atoms with Crippen LogP contribution in [0.2, 0.25) is 0 Å². The van der Waals surface area contributed by atoms with Gasteiger partial charge in [-0.25, -0.2) is 9.97 Å². The van der Waals surface area contributed by atoms with E-state index >= 15 is 0 Å². The highest BCUT2D eigenvalue weighted by atomic mass is 32.2. The van der Waals surface area contributed by atoms with Crippen molar-refractivity contribution in [2.75, 3.05) is 11.9 Å². The summed E-state index contributed by atoms with van der Waals surface area (Å²) in [5.41, 5.74) is 2.78. The number of aryl methyl sites for hydroxylation is 1. The van der Waals surface area contributed by atoms with Crippen LogP contribution in [0, 0.1) is 17.0 Å². The van der Waals surface area contributed by atoms with Gasteiger partial charge in [0.15, 0.2) is 5.16 Å². The molecular formula is C14H16N4O2S. The first-order valence-electron chi connectivity index (χ1n) is 6.53. The van der Waals surface area contributed by atoms with Gasteiger partial charge in [-0.05, 0) is 31.5 Å². The van der Waals surface area contributed by atoms with E-state index in [2.05, 4.69) is 15.3 Å². The minimum atomic E-state index is -0.382. The SMILES string of the molecule is CCNc1ccc([N+](=O)[O-])cc1CSc1nccc(C)n1. The van der Waals surface area contributed by atoms with Gasteiger partial charge in [-0.15, -0.1) is 0 Å². The summed E-state index contributed by atoms with van der Waals surface area (Å²) in [6.07, 6.45) is 1.71. The van der Waals surface area contributed by atoms with Crippen LogP contribution in [0.1, 0.15) is 18.2 Å². The maximum Gasteiger partial charge on any atom is 0.269 e. The summed E-state index contributed by atoms with van der Waals surface area (Å²) in [6.45, 7) is 4.65. The summed E-state index contributed by atoms with van der Waals surface area (Å²) in [6, 6.07) is 6.69. The van der Waals surface area contributed by atoms with E-state index < -0.39 is 0 Å². The molecule has 7 heteroatoms. The Labute approximate surface area is 127 Å². The fourth-order valence-corrected chi connectivity index (χ4v) is 2.68. The van der Waals surface area contributed by atoms with Crippen LogP contribution in [0.4, 0.5) is 11.4 Å². The van der Waals surface area contributed by atoms with Gasteiger partial charge < -0.3 is 5.32 Å². The van der Waals surface area contributed by atoms with Gasteiger partial charge in [-0.3, -0.25) is 10.1 Å². The normalized spacial score (nSPS) is 10.4. The third-order valence-electron chi connectivity index (χ3n) is 2.80. The van der Waals surface area contributed by atoms with E-state index in [9.17, 15) is 10.1 Å². The van der Waals surface area contributed by atoms with Crippen molar-refractivity contribution in [3.05, 3.63) is 51.8 Å². The molecule has 1 aromatic heterocycles. The number of nitro benzene ring substituents is 1. The highest BCUT2D eigenvalue weighted by Crippen LogP contribution is 2.28. The van der Waals surface area contributed by atoms with Crippen molar-refractivity contribution in [2.45, 2.75) is 24.8 Å². The lowest BCUT2D eigenvalue weighted by Crippen LogP contribution is -2.01. The number of aromatic nitrogens is 2. The largest absolute Gasteiger partial charge is 0.385 e. The molecule has 0 aliphatic rings. The molecule has 0 radical (unpaired) electrons. The molecule has 0 bridgehead atoms. The highest BCUT2D eigenvalue weighted by Gasteiger charge is 2.11. The lowest BCUT2D eigenvalue weighted by atomic mass is 10.2. The van der Waals surface area contributed by atoms with Crippen molar-refractivity contribution in [3.63, 3.8) is 0 Å². The summed E-state index contributed by atoms with van der Waals surface area (Å²) in [5.74, 6) is 0.577. The van der Waals surface area contributed by atoms with E-state index in [-0.39, 0.29) is 10.6 Å². The maximum absolute atomic E-state index is 10.9. The molecule has 2 aromatic rings. The fraction of sp³-hybridized carbons (Fsp3) is 0.286. The van der Waals surface area contributed by atoms with Gasteiger partial charge in [-0.1, -0.05) is 11.8 Å². The average Bonchev–Trinajstić information content (AvgIpc) is 2.46. The van der Waals surface area contributed by atoms with E-state index in [4.69, 9.17) is 0 Å². The van der Waals surface area contributed by atoms with E-state index in [1.807, 2.05) is 19.9 Å². The minimum Gasteiger partial charge on any atom is -0.385 e. The van der Waals surface area contributed by atoms with Gasteiger partial charge in [0, 0.05) is 42.0 Å². The quantitative estimate of drug-likeness (QED) is 0.381. The molecule has 0 unspecified atom stereocenters. The summed E-state index contributed by atoms with van der Waals surface area (Å²) >= 11 is 1.46. The average molecular weight is 304 g/mol. The number of benzene rings is 1. The van der Waals surface area contributed by atoms with E-state index in [0.717, 1.165) is 23.5 Å². The lowest BCUT2D eigenvalue weighted by Gasteiger charge is -2.10. The van der Waals surface area contributed by atoms with Crippen molar-refractivity contribution in [3.8, 4) is 0 Å². The summed E-state index contributed by atoms with van der Waals surface area (Å²) in [4.78, 5) is 19.0. The molecule has 1 aromatic carbocycles. The number of nitrogens with zero attached hydrogens (tertiary/aromatic N) is 3. The second-order valence-corrected chi connectivity index (χ2v) is 5.34. The van der Waals surface area contributed by atoms with Gasteiger partial charge in [0.05, 0.1) is 4.92 Å². The van der Waals surface area contributed by atoms with Crippen LogP contribution >= 0.6 is 11.8 Å². The maximum atomic E-state index is 10.9. The summed E-state index contributed by atoms with van der Waals surface area (Å²) < 4.78 is 0. The van der Waals surface area contributed by atoms with Crippen molar-refractivity contribution in [1.82, 2.24) is 9.97 Å². The molecule has 0 spiro atoms. The fourth-order valence-electron chi connectivity index (χ4n) is 1.81. The molecule has 0 fully saturated rings. The first-order valence-corrected chi connectivity index (χ1v) is 7.52. The van der Waals surface area contributed by atoms with Crippen molar-refractivity contribution in [1.29, 1.82) is 0 Å². The molecular weight excluding hydrogens is 288 g/mol. The van der Waals surface area contributed by atoms with Crippen molar-refractivity contribution in [2.24, 2.45) is 0 Å². The zero-order chi connectivity index (χ0) is 15.2. The predicted octanol–water partition coefficient (Wildman–Crippen LogP) is 3.42. The number of hydrogen-bond donors (Lipinski definition) is 1. The molecule has 0 amide bonds. The Morgan fingerprint density at radius 3 is 2.86 bits per heavy atom. The zero-order valence-corrected chi connectivity index (χ0v) is 12.7. The first-order chi connectivity index (χ1) is 10.1. The van der Waals surface area contributed by atoms with E-state index in [1.54, 1.807) is 18.3 Å². The Morgan fingerprint density at radius 1 is 1.38 bits per heavy atom. The Kier molecular flexibility index (Phi) is 5.10. The monoisotopic (exact) mass is 304 g/mol. The third-order valence-corrected chi connectivity index (χ3v) is 3.71. The molecule has 0 saturated carbocycles. The number of non-ortho nitro benzene ring substituents is 1. The number of nitro groups is 1. The Morgan fingerprint density at radius 2 is 2.19 bits per heavy atom. The standard InChI is InChI=1S/C14H16N4O2S/c1-3-15-13-5-4-12(18(19)20)8-11(13)9-21-14-16-7-6-10(2)17-14/h4-8,15H,3,9H2,1-2H3. The second-order valence-electron chi connectivity index (χ2n) is 4.40. The molecule has 21 heavy (non-hydrogen) atoms. The predicted molar refractivity (Wildman–Crippen MR) is 83.6 cm³/mol. The van der Waals surface area contributed by atoms with Crippen LogP contribution in [0.15, 0.2) is 35.6 Å². The first kappa shape index (κ1) is 15.2. The number of hydrogen-bond acceptors (Lipinski definition) is 6. The topological polar surface area (TPSA) is 81.0 Å². The van der Waals surface area contributed by atoms with Gasteiger partial charge in [0.1, 0.15) is 0 Å². The molecule has 6 nitrogen and oxygen atoms in total. The van der Waals surface area contributed by atoms with Crippen LogP contribution in [0.25, 0.3) is 0 Å². The third kappa shape index (κ3) is 4.16. The van der Waals surface area contributed by atoms with Crippen LogP contribution < -0.4 is 5.32 Å². The molecule has 1 heterocycles. The van der Waals surface area contributed by atoms with Crippen molar-refractivity contribution < 1.29 is 4.92 Å². The van der Waals surface area contributed by atoms with E-state index in [0.29, 0.717) is 10.9 Å². The smallest absolute Gasteiger partial charge is 0.269 e. The van der Waals surface area contributed by atoms with Crippen LogP contribution in [0.3, 0.4) is 0 Å². The molecule has 0 saturated heterocycles. The number of rotatable bonds is 6. The molecule has 2 rings (SSSR count). The summed E-state index contributed by atoms with van der Waals surface area (Å²) in [7, 11) is 0. The lowest BCUT2D eigenvalue weighted by molar-refractivity contribution is -0.384. The zero-order valence-electron chi connectivity index (χ0n) is 11.9. The Balaban J connectivity index is 2.20. The number of nitrogens with one attached hydrogen (secondary N) is 1. The Bertz CT molecular complexity index is 649. The van der Waals surface area contributed by atoms with Gasteiger partial charge in [-0.2, -0.15) is 0 Å². The number of anilines is 1. The second kappa shape index (κ2) is 7.03. The van der Waals surface area contributed by atoms with Gasteiger partial charge in [0.25, 0.3) is 5.69 Å². The molecule has 0 atom stereocenters. The molecule has 110 valence electrons. The molecule has 0 aliphatic heterocycles. The van der Waals surface area contributed by atoms with Crippen LogP contribution in [-0.4, -0.2) is 21.4 Å².